The topological polar surface area (TPSA) is 58.0 Å². The smallest absolute Gasteiger partial charge is 0.223 e. The van der Waals surface area contributed by atoms with Crippen molar-refractivity contribution in [3.8, 4) is 0 Å². The molecule has 0 spiro atoms. The van der Waals surface area contributed by atoms with E-state index in [1.54, 1.807) is 6.20 Å². The summed E-state index contributed by atoms with van der Waals surface area (Å²) >= 11 is 0. The van der Waals surface area contributed by atoms with Crippen molar-refractivity contribution in [1.29, 1.82) is 0 Å². The normalized spacial score (nSPS) is 11.4. The van der Waals surface area contributed by atoms with Gasteiger partial charge in [0.05, 0.1) is 0 Å². The Labute approximate surface area is 84.4 Å². The van der Waals surface area contributed by atoms with E-state index < -0.39 is 0 Å². The second-order valence-corrected chi connectivity index (χ2v) is 4.00. The van der Waals surface area contributed by atoms with Gasteiger partial charge in [-0.25, -0.2) is 9.97 Å². The summed E-state index contributed by atoms with van der Waals surface area (Å²) in [5.74, 6) is 0.614. The van der Waals surface area contributed by atoms with Gasteiger partial charge in [-0.1, -0.05) is 0 Å². The Kier molecular flexibility index (Phi) is 3.41. The molecule has 0 aliphatic carbocycles. The van der Waals surface area contributed by atoms with Crippen LogP contribution in [0.5, 0.6) is 0 Å². The summed E-state index contributed by atoms with van der Waals surface area (Å²) in [6, 6.07) is 1.85. The molecule has 4 heteroatoms. The molecular formula is C10H17N3O. The van der Waals surface area contributed by atoms with Gasteiger partial charge >= 0.3 is 0 Å². The number of aromatic nitrogens is 2. The highest BCUT2D eigenvalue weighted by atomic mass is 16.3. The Morgan fingerprint density at radius 1 is 1.50 bits per heavy atom. The van der Waals surface area contributed by atoms with Gasteiger partial charge in [0.15, 0.2) is 0 Å². The van der Waals surface area contributed by atoms with Crippen LogP contribution in [0.4, 0.5) is 5.95 Å². The van der Waals surface area contributed by atoms with E-state index in [1.165, 1.54) is 0 Å². The predicted octanol–water partition coefficient (Wildman–Crippen LogP) is 1.36. The number of aliphatic hydroxyl groups is 1. The molecule has 2 N–H and O–H groups in total. The van der Waals surface area contributed by atoms with E-state index in [9.17, 15) is 0 Å². The molecule has 4 nitrogen and oxygen atoms in total. The number of rotatable bonds is 4. The Balaban J connectivity index is 2.68. The third-order valence-electron chi connectivity index (χ3n) is 1.98. The van der Waals surface area contributed by atoms with E-state index in [-0.39, 0.29) is 12.1 Å². The van der Waals surface area contributed by atoms with Crippen LogP contribution in [0, 0.1) is 6.92 Å². The first-order valence-corrected chi connectivity index (χ1v) is 4.72. The number of nitrogens with one attached hydrogen (secondary N) is 1. The predicted molar refractivity (Wildman–Crippen MR) is 56.2 cm³/mol. The zero-order chi connectivity index (χ0) is 10.6. The molecule has 0 saturated heterocycles. The first-order valence-electron chi connectivity index (χ1n) is 4.72. The largest absolute Gasteiger partial charge is 0.396 e. The van der Waals surface area contributed by atoms with Crippen LogP contribution < -0.4 is 5.32 Å². The van der Waals surface area contributed by atoms with E-state index in [2.05, 4.69) is 15.3 Å². The molecular weight excluding hydrogens is 178 g/mol. The van der Waals surface area contributed by atoms with Gasteiger partial charge in [0.2, 0.25) is 5.95 Å². The van der Waals surface area contributed by atoms with Gasteiger partial charge in [0.25, 0.3) is 0 Å². The average Bonchev–Trinajstić information content (AvgIpc) is 2.02. The van der Waals surface area contributed by atoms with Crippen molar-refractivity contribution in [1.82, 2.24) is 9.97 Å². The van der Waals surface area contributed by atoms with Crippen LogP contribution in [0.15, 0.2) is 12.3 Å². The van der Waals surface area contributed by atoms with Crippen LogP contribution in [0.25, 0.3) is 0 Å². The minimum Gasteiger partial charge on any atom is -0.396 e. The third kappa shape index (κ3) is 3.30. The second-order valence-electron chi connectivity index (χ2n) is 4.00. The van der Waals surface area contributed by atoms with Crippen molar-refractivity contribution in [2.24, 2.45) is 0 Å². The lowest BCUT2D eigenvalue weighted by Gasteiger charge is -2.25. The fraction of sp³-hybridized carbons (Fsp3) is 0.600. The molecule has 0 unspecified atom stereocenters. The summed E-state index contributed by atoms with van der Waals surface area (Å²) < 4.78 is 0. The Morgan fingerprint density at radius 3 is 2.79 bits per heavy atom. The molecule has 0 bridgehead atoms. The van der Waals surface area contributed by atoms with Crippen LogP contribution in [-0.4, -0.2) is 27.2 Å². The molecule has 1 heterocycles. The van der Waals surface area contributed by atoms with Gasteiger partial charge < -0.3 is 10.4 Å². The highest BCUT2D eigenvalue weighted by molar-refractivity contribution is 5.28. The first kappa shape index (κ1) is 10.9. The van der Waals surface area contributed by atoms with Crippen molar-refractivity contribution >= 4 is 5.95 Å². The van der Waals surface area contributed by atoms with Crippen LogP contribution in [0.2, 0.25) is 0 Å². The van der Waals surface area contributed by atoms with Crippen molar-refractivity contribution < 1.29 is 5.11 Å². The minimum absolute atomic E-state index is 0.159. The molecule has 1 aromatic heterocycles. The summed E-state index contributed by atoms with van der Waals surface area (Å²) in [6.07, 6.45) is 2.39. The van der Waals surface area contributed by atoms with Crippen molar-refractivity contribution in [2.45, 2.75) is 32.7 Å². The van der Waals surface area contributed by atoms with Crippen molar-refractivity contribution in [3.05, 3.63) is 18.0 Å². The van der Waals surface area contributed by atoms with Gasteiger partial charge in [-0.2, -0.15) is 0 Å². The lowest BCUT2D eigenvalue weighted by molar-refractivity contribution is 0.260. The molecule has 1 aromatic rings. The van der Waals surface area contributed by atoms with Crippen LogP contribution in [0.1, 0.15) is 26.0 Å². The number of nitrogens with zero attached hydrogens (tertiary/aromatic N) is 2. The van der Waals surface area contributed by atoms with Gasteiger partial charge in [0, 0.05) is 24.0 Å². The quantitative estimate of drug-likeness (QED) is 0.761. The summed E-state index contributed by atoms with van der Waals surface area (Å²) in [7, 11) is 0. The molecule has 0 atom stereocenters. The average molecular weight is 195 g/mol. The van der Waals surface area contributed by atoms with Gasteiger partial charge in [-0.15, -0.1) is 0 Å². The first-order chi connectivity index (χ1) is 6.53. The van der Waals surface area contributed by atoms with E-state index in [0.717, 1.165) is 5.69 Å². The Bertz CT molecular complexity index is 299. The Hall–Kier alpha value is -1.16. The van der Waals surface area contributed by atoms with E-state index in [1.807, 2.05) is 26.8 Å². The SMILES string of the molecule is Cc1ccnc(NC(C)(C)CCO)n1. The second kappa shape index (κ2) is 4.37. The van der Waals surface area contributed by atoms with Crippen molar-refractivity contribution in [2.75, 3.05) is 11.9 Å². The third-order valence-corrected chi connectivity index (χ3v) is 1.98. The molecule has 0 aliphatic rings. The van der Waals surface area contributed by atoms with Gasteiger partial charge in [0.1, 0.15) is 0 Å². The maximum atomic E-state index is 8.85. The van der Waals surface area contributed by atoms with E-state index in [0.29, 0.717) is 12.4 Å². The fourth-order valence-corrected chi connectivity index (χ4v) is 1.15. The lowest BCUT2D eigenvalue weighted by Crippen LogP contribution is -2.32. The lowest BCUT2D eigenvalue weighted by atomic mass is 10.0. The number of aryl methyl sites for hydroxylation is 1. The summed E-state index contributed by atoms with van der Waals surface area (Å²) in [6.45, 7) is 6.10. The number of anilines is 1. The summed E-state index contributed by atoms with van der Waals surface area (Å²) in [5.41, 5.74) is 0.755. The van der Waals surface area contributed by atoms with Crippen molar-refractivity contribution in [3.63, 3.8) is 0 Å². The number of hydrogen-bond donors (Lipinski definition) is 2. The monoisotopic (exact) mass is 195 g/mol. The zero-order valence-electron chi connectivity index (χ0n) is 8.91. The van der Waals surface area contributed by atoms with Crippen LogP contribution in [0.3, 0.4) is 0 Å². The Morgan fingerprint density at radius 2 is 2.21 bits per heavy atom. The highest BCUT2D eigenvalue weighted by Gasteiger charge is 2.17. The molecule has 0 aliphatic heterocycles. The molecule has 14 heavy (non-hydrogen) atoms. The maximum absolute atomic E-state index is 8.85. The van der Waals surface area contributed by atoms with Crippen LogP contribution in [-0.2, 0) is 0 Å². The van der Waals surface area contributed by atoms with Crippen LogP contribution >= 0.6 is 0 Å². The van der Waals surface area contributed by atoms with E-state index >= 15 is 0 Å². The maximum Gasteiger partial charge on any atom is 0.223 e. The standard InChI is InChI=1S/C10H17N3O/c1-8-4-6-11-9(12-8)13-10(2,3)5-7-14/h4,6,14H,5,7H2,1-3H3,(H,11,12,13). The van der Waals surface area contributed by atoms with Gasteiger partial charge in [-0.05, 0) is 33.3 Å². The molecule has 0 radical (unpaired) electrons. The molecule has 0 fully saturated rings. The number of hydrogen-bond acceptors (Lipinski definition) is 4. The van der Waals surface area contributed by atoms with E-state index in [4.69, 9.17) is 5.11 Å². The molecule has 0 aromatic carbocycles. The molecule has 1 rings (SSSR count). The molecule has 0 saturated carbocycles. The summed E-state index contributed by atoms with van der Waals surface area (Å²) in [5, 5.41) is 12.0. The highest BCUT2D eigenvalue weighted by Crippen LogP contribution is 2.13. The molecule has 0 amide bonds. The minimum atomic E-state index is -0.178. The number of aliphatic hydroxyl groups excluding tert-OH is 1. The zero-order valence-corrected chi connectivity index (χ0v) is 8.91. The summed E-state index contributed by atoms with van der Waals surface area (Å²) in [4.78, 5) is 8.34. The van der Waals surface area contributed by atoms with Gasteiger partial charge in [-0.3, -0.25) is 0 Å². The fourth-order valence-electron chi connectivity index (χ4n) is 1.15. The molecule has 78 valence electrons.